The molecule has 1 saturated heterocycles. The van der Waals surface area contributed by atoms with Gasteiger partial charge in [-0.25, -0.2) is 8.42 Å². The lowest BCUT2D eigenvalue weighted by molar-refractivity contribution is -0.130. The summed E-state index contributed by atoms with van der Waals surface area (Å²) in [5.74, 6) is -0.0192. The number of hydrogen-bond acceptors (Lipinski definition) is 4. The van der Waals surface area contributed by atoms with Crippen molar-refractivity contribution < 1.29 is 13.2 Å². The number of benzene rings is 1. The van der Waals surface area contributed by atoms with Crippen LogP contribution in [0.5, 0.6) is 0 Å². The van der Waals surface area contributed by atoms with Gasteiger partial charge < -0.3 is 10.6 Å². The largest absolute Gasteiger partial charge is 0.341 e. The molecule has 1 atom stereocenters. The van der Waals surface area contributed by atoms with Crippen molar-refractivity contribution in [1.82, 2.24) is 4.90 Å². The van der Waals surface area contributed by atoms with E-state index in [1.54, 1.807) is 29.2 Å². The molecule has 21 heavy (non-hydrogen) atoms. The predicted molar refractivity (Wildman–Crippen MR) is 84.6 cm³/mol. The number of carbonyl (C=O) groups is 1. The lowest BCUT2D eigenvalue weighted by atomic mass is 10.3. The lowest BCUT2D eigenvalue weighted by Crippen LogP contribution is -2.31. The van der Waals surface area contributed by atoms with Gasteiger partial charge in [-0.1, -0.05) is 15.9 Å². The first-order valence-electron chi connectivity index (χ1n) is 6.90. The molecule has 7 heteroatoms. The maximum atomic E-state index is 12.1. The van der Waals surface area contributed by atoms with E-state index in [0.29, 0.717) is 24.4 Å². The quantitative estimate of drug-likeness (QED) is 0.847. The third-order valence-electron chi connectivity index (χ3n) is 3.55. The second-order valence-electron chi connectivity index (χ2n) is 5.26. The van der Waals surface area contributed by atoms with Crippen LogP contribution in [0.1, 0.15) is 19.3 Å². The molecule has 0 bridgehead atoms. The average Bonchev–Trinajstić information content (AvgIpc) is 2.86. The van der Waals surface area contributed by atoms with E-state index < -0.39 is 9.84 Å². The van der Waals surface area contributed by atoms with Crippen LogP contribution in [-0.2, 0) is 14.6 Å². The Balaban J connectivity index is 1.85. The molecule has 0 aliphatic carbocycles. The molecule has 2 rings (SSSR count). The van der Waals surface area contributed by atoms with Crippen LogP contribution >= 0.6 is 15.9 Å². The second kappa shape index (κ2) is 6.89. The second-order valence-corrected chi connectivity index (χ2v) is 8.29. The number of halogens is 1. The Morgan fingerprint density at radius 2 is 2.00 bits per heavy atom. The molecule has 1 aromatic rings. The molecule has 1 amide bonds. The summed E-state index contributed by atoms with van der Waals surface area (Å²) in [5, 5.41) is 0. The topological polar surface area (TPSA) is 80.5 Å². The minimum absolute atomic E-state index is 0.00560. The number of likely N-dealkylation sites (tertiary alicyclic amines) is 1. The van der Waals surface area contributed by atoms with Crippen molar-refractivity contribution in [2.75, 3.05) is 18.8 Å². The highest BCUT2D eigenvalue weighted by Crippen LogP contribution is 2.17. The molecule has 116 valence electrons. The van der Waals surface area contributed by atoms with E-state index in [2.05, 4.69) is 15.9 Å². The van der Waals surface area contributed by atoms with Gasteiger partial charge in [0.1, 0.15) is 0 Å². The van der Waals surface area contributed by atoms with Gasteiger partial charge >= 0.3 is 0 Å². The number of hydrogen-bond donors (Lipinski definition) is 1. The van der Waals surface area contributed by atoms with Gasteiger partial charge in [-0.2, -0.15) is 0 Å². The monoisotopic (exact) mass is 374 g/mol. The molecule has 5 nitrogen and oxygen atoms in total. The standard InChI is InChI=1S/C14H19BrN2O3S/c15-11-3-5-13(6-4-11)21(19,20)9-1-2-14(18)17-8-7-12(16)10-17/h3-6,12H,1-2,7-10,16H2/t12-/m1/s1. The van der Waals surface area contributed by atoms with Gasteiger partial charge in [-0.15, -0.1) is 0 Å². The molecule has 1 aliphatic rings. The fraction of sp³-hybridized carbons (Fsp3) is 0.500. The molecule has 1 fully saturated rings. The maximum Gasteiger partial charge on any atom is 0.222 e. The smallest absolute Gasteiger partial charge is 0.222 e. The van der Waals surface area contributed by atoms with Crippen LogP contribution in [-0.4, -0.2) is 44.1 Å². The van der Waals surface area contributed by atoms with Crippen LogP contribution in [0.25, 0.3) is 0 Å². The molecule has 0 aromatic heterocycles. The van der Waals surface area contributed by atoms with Crippen molar-refractivity contribution in [3.05, 3.63) is 28.7 Å². The molecule has 0 radical (unpaired) electrons. The minimum atomic E-state index is -3.32. The number of nitrogens with zero attached hydrogens (tertiary/aromatic N) is 1. The average molecular weight is 375 g/mol. The van der Waals surface area contributed by atoms with E-state index >= 15 is 0 Å². The molecular weight excluding hydrogens is 356 g/mol. The summed E-state index contributed by atoms with van der Waals surface area (Å²) in [4.78, 5) is 13.9. The van der Waals surface area contributed by atoms with E-state index in [0.717, 1.165) is 10.9 Å². The Hall–Kier alpha value is -0.920. The number of carbonyl (C=O) groups excluding carboxylic acids is 1. The highest BCUT2D eigenvalue weighted by Gasteiger charge is 2.23. The zero-order valence-corrected chi connectivity index (χ0v) is 14.1. The van der Waals surface area contributed by atoms with Crippen LogP contribution < -0.4 is 5.73 Å². The summed E-state index contributed by atoms with van der Waals surface area (Å²) in [6.07, 6.45) is 1.41. The maximum absolute atomic E-state index is 12.1. The van der Waals surface area contributed by atoms with Crippen molar-refractivity contribution in [2.45, 2.75) is 30.2 Å². The summed E-state index contributed by atoms with van der Waals surface area (Å²) in [6, 6.07) is 6.59. The fourth-order valence-electron chi connectivity index (χ4n) is 2.35. The summed E-state index contributed by atoms with van der Waals surface area (Å²) in [6.45, 7) is 1.26. The van der Waals surface area contributed by atoms with Gasteiger partial charge in [0.2, 0.25) is 5.91 Å². The van der Waals surface area contributed by atoms with E-state index in [4.69, 9.17) is 5.73 Å². The van der Waals surface area contributed by atoms with Crippen molar-refractivity contribution >= 4 is 31.7 Å². The fourth-order valence-corrected chi connectivity index (χ4v) is 3.92. The Morgan fingerprint density at radius 1 is 1.33 bits per heavy atom. The normalized spacial score (nSPS) is 19.0. The summed E-state index contributed by atoms with van der Waals surface area (Å²) < 4.78 is 25.1. The van der Waals surface area contributed by atoms with Crippen molar-refractivity contribution in [1.29, 1.82) is 0 Å². The highest BCUT2D eigenvalue weighted by molar-refractivity contribution is 9.10. The lowest BCUT2D eigenvalue weighted by Gasteiger charge is -2.15. The van der Waals surface area contributed by atoms with Gasteiger partial charge in [0.05, 0.1) is 10.6 Å². The van der Waals surface area contributed by atoms with Gasteiger partial charge in [0, 0.05) is 30.0 Å². The van der Waals surface area contributed by atoms with Gasteiger partial charge in [-0.3, -0.25) is 4.79 Å². The third kappa shape index (κ3) is 4.52. The first kappa shape index (κ1) is 16.5. The van der Waals surface area contributed by atoms with E-state index in [1.165, 1.54) is 0 Å². The van der Waals surface area contributed by atoms with Crippen LogP contribution in [0.15, 0.2) is 33.6 Å². The third-order valence-corrected chi connectivity index (χ3v) is 5.90. The van der Waals surface area contributed by atoms with Crippen LogP contribution in [0.3, 0.4) is 0 Å². The number of sulfone groups is 1. The summed E-state index contributed by atoms with van der Waals surface area (Å²) >= 11 is 3.27. The molecule has 1 aromatic carbocycles. The van der Waals surface area contributed by atoms with Gasteiger partial charge in [0.15, 0.2) is 9.84 Å². The number of rotatable bonds is 5. The van der Waals surface area contributed by atoms with Crippen LogP contribution in [0, 0.1) is 0 Å². The molecule has 1 heterocycles. The van der Waals surface area contributed by atoms with Gasteiger partial charge in [0.25, 0.3) is 0 Å². The van der Waals surface area contributed by atoms with Crippen molar-refractivity contribution in [2.24, 2.45) is 5.73 Å². The van der Waals surface area contributed by atoms with Crippen molar-refractivity contribution in [3.63, 3.8) is 0 Å². The van der Waals surface area contributed by atoms with Crippen molar-refractivity contribution in [3.8, 4) is 0 Å². The Morgan fingerprint density at radius 3 is 2.57 bits per heavy atom. The molecule has 1 aliphatic heterocycles. The van der Waals surface area contributed by atoms with E-state index in [9.17, 15) is 13.2 Å². The predicted octanol–water partition coefficient (Wildman–Crippen LogP) is 1.56. The number of amides is 1. The Labute approximate surface area is 133 Å². The van der Waals surface area contributed by atoms with Crippen LogP contribution in [0.2, 0.25) is 0 Å². The number of nitrogens with two attached hydrogens (primary N) is 1. The zero-order valence-electron chi connectivity index (χ0n) is 11.7. The SMILES string of the molecule is N[C@@H]1CCN(C(=O)CCCS(=O)(=O)c2ccc(Br)cc2)C1. The van der Waals surface area contributed by atoms with E-state index in [1.807, 2.05) is 0 Å². The molecule has 0 spiro atoms. The zero-order chi connectivity index (χ0) is 15.5. The van der Waals surface area contributed by atoms with Crippen LogP contribution in [0.4, 0.5) is 0 Å². The minimum Gasteiger partial charge on any atom is -0.341 e. The molecule has 0 saturated carbocycles. The highest BCUT2D eigenvalue weighted by atomic mass is 79.9. The van der Waals surface area contributed by atoms with E-state index in [-0.39, 0.29) is 24.1 Å². The summed E-state index contributed by atoms with van der Waals surface area (Å²) in [5.41, 5.74) is 5.76. The molecule has 0 unspecified atom stereocenters. The molecule has 2 N–H and O–H groups in total. The first-order chi connectivity index (χ1) is 9.88. The Kier molecular flexibility index (Phi) is 5.40. The molecular formula is C14H19BrN2O3S. The first-order valence-corrected chi connectivity index (χ1v) is 9.35. The Bertz CT molecular complexity index is 601. The van der Waals surface area contributed by atoms with Gasteiger partial charge in [-0.05, 0) is 37.1 Å². The summed E-state index contributed by atoms with van der Waals surface area (Å²) in [7, 11) is -3.32.